The minimum atomic E-state index is -1.30. The molecular weight excluding hydrogens is 317 g/mol. The summed E-state index contributed by atoms with van der Waals surface area (Å²) in [7, 11) is -5.14. The van der Waals surface area contributed by atoms with E-state index < -0.39 is 32.3 Å². The van der Waals surface area contributed by atoms with Crippen LogP contribution >= 0.6 is 0 Å². The third-order valence-electron chi connectivity index (χ3n) is 5.13. The molecule has 0 bridgehead atoms. The Bertz CT molecular complexity index is 425. The Morgan fingerprint density at radius 1 is 0.524 bits per heavy atom. The second-order valence-corrected chi connectivity index (χ2v) is 32.2. The van der Waals surface area contributed by atoms with Gasteiger partial charge < -0.3 is 0 Å². The molecule has 1 rings (SSSR count). The van der Waals surface area contributed by atoms with Crippen molar-refractivity contribution in [2.75, 3.05) is 0 Å². The maximum Gasteiger partial charge on any atom is 0.0770 e. The van der Waals surface area contributed by atoms with Gasteiger partial charge >= 0.3 is 0 Å². The molecule has 0 saturated heterocycles. The van der Waals surface area contributed by atoms with Crippen LogP contribution in [0, 0.1) is 0 Å². The molecule has 0 aromatic carbocycles. The zero-order chi connectivity index (χ0) is 17.1. The molecular formula is C17H38Si4. The molecule has 0 radical (unpaired) electrons. The van der Waals surface area contributed by atoms with E-state index in [9.17, 15) is 0 Å². The average molecular weight is 355 g/mol. The smallest absolute Gasteiger partial charge is 0.0770 e. The quantitative estimate of drug-likeness (QED) is 0.501. The molecule has 0 aromatic heterocycles. The van der Waals surface area contributed by atoms with Gasteiger partial charge in [0.15, 0.2) is 0 Å². The second-order valence-electron chi connectivity index (χ2n) is 11.0. The van der Waals surface area contributed by atoms with E-state index >= 15 is 0 Å². The van der Waals surface area contributed by atoms with Gasteiger partial charge in [0.25, 0.3) is 0 Å². The monoisotopic (exact) mass is 354 g/mol. The topological polar surface area (TPSA) is 0 Å². The normalized spacial score (nSPS) is 20.4. The molecule has 0 aliphatic heterocycles. The molecule has 0 atom stereocenters. The highest BCUT2D eigenvalue weighted by atomic mass is 28.4. The Kier molecular flexibility index (Phi) is 4.78. The molecule has 0 aromatic rings. The summed E-state index contributed by atoms with van der Waals surface area (Å²) in [6.07, 6.45) is 5.65. The van der Waals surface area contributed by atoms with Crippen LogP contribution < -0.4 is 0 Å². The highest BCUT2D eigenvalue weighted by Gasteiger charge is 2.54. The molecule has 0 N–H and O–H groups in total. The van der Waals surface area contributed by atoms with Gasteiger partial charge in [-0.1, -0.05) is 101 Å². The average Bonchev–Trinajstić information content (AvgIpc) is 2.53. The summed E-state index contributed by atoms with van der Waals surface area (Å²) in [6.45, 7) is 30.8. The SMILES string of the molecule is C[Si](C)(C)C1=CC([Si](C)(C)C)([Si](C)(C)C)C=C1[Si](C)(C)C. The van der Waals surface area contributed by atoms with Gasteiger partial charge in [0.2, 0.25) is 0 Å². The fraction of sp³-hybridized carbons (Fsp3) is 0.765. The predicted octanol–water partition coefficient (Wildman–Crippen LogP) is 6.56. The Morgan fingerprint density at radius 3 is 0.905 bits per heavy atom. The molecule has 0 unspecified atom stereocenters. The minimum absolute atomic E-state index is 0.450. The zero-order valence-electron chi connectivity index (χ0n) is 16.7. The third kappa shape index (κ3) is 3.48. The van der Waals surface area contributed by atoms with Gasteiger partial charge in [-0.3, -0.25) is 0 Å². The van der Waals surface area contributed by atoms with Crippen molar-refractivity contribution in [3.63, 3.8) is 0 Å². The van der Waals surface area contributed by atoms with E-state index in [-0.39, 0.29) is 0 Å². The van der Waals surface area contributed by atoms with E-state index in [2.05, 4.69) is 90.7 Å². The summed E-state index contributed by atoms with van der Waals surface area (Å²) in [4.78, 5) is 0. The largest absolute Gasteiger partial charge is 0.0808 e. The summed E-state index contributed by atoms with van der Waals surface area (Å²) in [5, 5.41) is 3.62. The van der Waals surface area contributed by atoms with Crippen molar-refractivity contribution in [3.05, 3.63) is 22.5 Å². The zero-order valence-corrected chi connectivity index (χ0v) is 20.7. The van der Waals surface area contributed by atoms with Crippen LogP contribution in [-0.4, -0.2) is 32.3 Å². The lowest BCUT2D eigenvalue weighted by atomic mass is 10.4. The van der Waals surface area contributed by atoms with Gasteiger partial charge in [0.1, 0.15) is 0 Å². The van der Waals surface area contributed by atoms with Crippen molar-refractivity contribution < 1.29 is 0 Å². The van der Waals surface area contributed by atoms with Gasteiger partial charge in [-0.05, 0) is 4.66 Å². The summed E-state index contributed by atoms with van der Waals surface area (Å²) in [5.41, 5.74) is 0. The number of hydrogen-bond acceptors (Lipinski definition) is 0. The van der Waals surface area contributed by atoms with Crippen LogP contribution in [0.1, 0.15) is 0 Å². The first-order chi connectivity index (χ1) is 8.93. The summed E-state index contributed by atoms with van der Waals surface area (Å²) >= 11 is 0. The molecule has 122 valence electrons. The first-order valence-corrected chi connectivity index (χ1v) is 22.4. The van der Waals surface area contributed by atoms with E-state index in [0.717, 1.165) is 0 Å². The van der Waals surface area contributed by atoms with Gasteiger partial charge in [-0.2, -0.15) is 0 Å². The van der Waals surface area contributed by atoms with E-state index in [4.69, 9.17) is 0 Å². The van der Waals surface area contributed by atoms with Crippen LogP contribution in [0.5, 0.6) is 0 Å². The molecule has 0 spiro atoms. The lowest BCUT2D eigenvalue weighted by Gasteiger charge is -2.47. The van der Waals surface area contributed by atoms with E-state index in [1.807, 2.05) is 10.4 Å². The lowest BCUT2D eigenvalue weighted by Crippen LogP contribution is -2.52. The first kappa shape index (κ1) is 19.4. The van der Waals surface area contributed by atoms with Crippen molar-refractivity contribution in [3.8, 4) is 0 Å². The first-order valence-electron chi connectivity index (χ1n) is 8.40. The van der Waals surface area contributed by atoms with Crippen molar-refractivity contribution in [1.29, 1.82) is 0 Å². The number of hydrogen-bond donors (Lipinski definition) is 0. The van der Waals surface area contributed by atoms with E-state index in [1.165, 1.54) is 0 Å². The van der Waals surface area contributed by atoms with Crippen LogP contribution in [0.2, 0.25) is 83.2 Å². The Balaban J connectivity index is 3.73. The van der Waals surface area contributed by atoms with Crippen LogP contribution in [-0.2, 0) is 0 Å². The van der Waals surface area contributed by atoms with Gasteiger partial charge in [-0.15, -0.1) is 0 Å². The number of rotatable bonds is 4. The van der Waals surface area contributed by atoms with Crippen LogP contribution in [0.3, 0.4) is 0 Å². The molecule has 0 amide bonds. The fourth-order valence-corrected chi connectivity index (χ4v) is 21.1. The standard InChI is InChI=1S/C17H38Si4/c1-18(2,3)15-13-17(20(7,8)9,21(10,11)12)14-16(15)19(4,5)6/h13-14H,1-12H3. The highest BCUT2D eigenvalue weighted by Crippen LogP contribution is 2.57. The van der Waals surface area contributed by atoms with Crippen LogP contribution in [0.4, 0.5) is 0 Å². The van der Waals surface area contributed by atoms with Crippen LogP contribution in [0.25, 0.3) is 0 Å². The van der Waals surface area contributed by atoms with Crippen molar-refractivity contribution in [2.24, 2.45) is 0 Å². The lowest BCUT2D eigenvalue weighted by molar-refractivity contribution is 1.09. The molecule has 1 aliphatic carbocycles. The molecule has 21 heavy (non-hydrogen) atoms. The summed E-state index contributed by atoms with van der Waals surface area (Å²) in [6, 6.07) is 0. The predicted molar refractivity (Wildman–Crippen MR) is 112 cm³/mol. The Labute approximate surface area is 138 Å². The molecule has 1 aliphatic rings. The summed E-state index contributed by atoms with van der Waals surface area (Å²) in [5.74, 6) is 0. The van der Waals surface area contributed by atoms with E-state index in [1.54, 1.807) is 0 Å². The fourth-order valence-electron chi connectivity index (χ4n) is 3.88. The molecule has 0 nitrogen and oxygen atoms in total. The van der Waals surface area contributed by atoms with Crippen molar-refractivity contribution in [2.45, 2.75) is 83.2 Å². The van der Waals surface area contributed by atoms with Gasteiger partial charge in [-0.25, -0.2) is 0 Å². The summed E-state index contributed by atoms with van der Waals surface area (Å²) < 4.78 is 0.450. The van der Waals surface area contributed by atoms with Crippen LogP contribution in [0.15, 0.2) is 22.5 Å². The molecule has 0 fully saturated rings. The highest BCUT2D eigenvalue weighted by molar-refractivity contribution is 7.02. The molecule has 0 heterocycles. The van der Waals surface area contributed by atoms with Crippen molar-refractivity contribution >= 4 is 32.3 Å². The van der Waals surface area contributed by atoms with E-state index in [0.29, 0.717) is 4.66 Å². The third-order valence-corrected chi connectivity index (χ3v) is 19.5. The van der Waals surface area contributed by atoms with Crippen molar-refractivity contribution in [1.82, 2.24) is 0 Å². The Morgan fingerprint density at radius 2 is 0.762 bits per heavy atom. The minimum Gasteiger partial charge on any atom is -0.0808 e. The molecule has 4 heteroatoms. The number of allylic oxidation sites excluding steroid dienone is 4. The van der Waals surface area contributed by atoms with Gasteiger partial charge in [0.05, 0.1) is 32.3 Å². The maximum absolute atomic E-state index is 2.82. The molecule has 0 saturated carbocycles. The van der Waals surface area contributed by atoms with Gasteiger partial charge in [0, 0.05) is 0 Å². The Hall–Kier alpha value is 0.348. The maximum atomic E-state index is 2.82. The second kappa shape index (κ2) is 5.18.